The molecule has 2 heterocycles. The molecule has 2 aromatic heterocycles. The molecule has 3 rings (SSSR count). The van der Waals surface area contributed by atoms with Crippen LogP contribution in [0.4, 0.5) is 0 Å². The zero-order valence-electron chi connectivity index (χ0n) is 22.4. The molecule has 3 aromatic rings. The number of pyridine rings is 1. The number of nitrogens with zero attached hydrogens (tertiary/aromatic N) is 1. The van der Waals surface area contributed by atoms with Gasteiger partial charge in [0, 0.05) is 28.6 Å². The van der Waals surface area contributed by atoms with E-state index in [0.717, 1.165) is 39.9 Å². The average Bonchev–Trinajstić information content (AvgIpc) is 3.44. The van der Waals surface area contributed by atoms with E-state index in [1.165, 1.54) is 96.3 Å². The monoisotopic (exact) mass is 506 g/mol. The van der Waals surface area contributed by atoms with Crippen molar-refractivity contribution in [3.05, 3.63) is 53.5 Å². The maximum atomic E-state index is 13.2. The van der Waals surface area contributed by atoms with Crippen LogP contribution in [0.25, 0.3) is 21.3 Å². The summed E-state index contributed by atoms with van der Waals surface area (Å²) in [5.74, 6) is 0.0120. The topological polar surface area (TPSA) is 42.0 Å². The van der Waals surface area contributed by atoms with Crippen LogP contribution in [0.5, 0.6) is 0 Å². The van der Waals surface area contributed by atoms with Gasteiger partial charge in [0.05, 0.1) is 11.1 Å². The van der Waals surface area contributed by atoms with E-state index in [0.29, 0.717) is 0 Å². The van der Waals surface area contributed by atoms with Gasteiger partial charge in [0.15, 0.2) is 0 Å². The van der Waals surface area contributed by atoms with E-state index in [4.69, 9.17) is 0 Å². The minimum atomic E-state index is 0.0120. The van der Waals surface area contributed by atoms with Gasteiger partial charge in [0.25, 0.3) is 5.91 Å². The molecule has 0 atom stereocenters. The summed E-state index contributed by atoms with van der Waals surface area (Å²) >= 11 is 1.65. The van der Waals surface area contributed by atoms with E-state index in [1.807, 2.05) is 41.9 Å². The zero-order chi connectivity index (χ0) is 25.3. The van der Waals surface area contributed by atoms with Gasteiger partial charge in [-0.15, -0.1) is 11.3 Å². The van der Waals surface area contributed by atoms with Crippen molar-refractivity contribution in [3.8, 4) is 10.4 Å². The van der Waals surface area contributed by atoms with Crippen molar-refractivity contribution in [2.24, 2.45) is 0 Å². The SMILES string of the molecule is CCCCCCCCCCCCCCCCCCNC(=O)c1c(-c2cccs2)cnc2ccccc12. The van der Waals surface area contributed by atoms with Gasteiger partial charge in [-0.3, -0.25) is 9.78 Å². The van der Waals surface area contributed by atoms with Gasteiger partial charge in [-0.1, -0.05) is 128 Å². The summed E-state index contributed by atoms with van der Waals surface area (Å²) < 4.78 is 0. The summed E-state index contributed by atoms with van der Waals surface area (Å²) in [7, 11) is 0. The summed E-state index contributed by atoms with van der Waals surface area (Å²) in [5, 5.41) is 6.15. The number of hydrogen-bond donors (Lipinski definition) is 1. The van der Waals surface area contributed by atoms with Crippen LogP contribution in [0, 0.1) is 0 Å². The fourth-order valence-corrected chi connectivity index (χ4v) is 5.71. The van der Waals surface area contributed by atoms with E-state index in [1.54, 1.807) is 11.3 Å². The first-order valence-electron chi connectivity index (χ1n) is 14.5. The molecule has 0 bridgehead atoms. The number of unbranched alkanes of at least 4 members (excludes halogenated alkanes) is 15. The Morgan fingerprint density at radius 2 is 1.33 bits per heavy atom. The molecule has 0 aliphatic carbocycles. The van der Waals surface area contributed by atoms with Gasteiger partial charge >= 0.3 is 0 Å². The number of hydrogen-bond acceptors (Lipinski definition) is 3. The van der Waals surface area contributed by atoms with E-state index >= 15 is 0 Å². The third kappa shape index (κ3) is 9.69. The lowest BCUT2D eigenvalue weighted by Crippen LogP contribution is -2.25. The Morgan fingerprint density at radius 3 is 1.92 bits per heavy atom. The molecule has 3 nitrogen and oxygen atoms in total. The fraction of sp³-hybridized carbons (Fsp3) is 0.562. The summed E-state index contributed by atoms with van der Waals surface area (Å²) in [4.78, 5) is 18.9. The second kappa shape index (κ2) is 17.3. The van der Waals surface area contributed by atoms with Crippen molar-refractivity contribution in [2.45, 2.75) is 110 Å². The highest BCUT2D eigenvalue weighted by molar-refractivity contribution is 7.13. The number of benzene rings is 1. The van der Waals surface area contributed by atoms with Gasteiger partial charge in [-0.05, 0) is 23.9 Å². The smallest absolute Gasteiger partial charge is 0.252 e. The third-order valence-electron chi connectivity index (χ3n) is 7.11. The fourth-order valence-electron chi connectivity index (χ4n) is 4.97. The molecular formula is C32H46N2OS. The Morgan fingerprint density at radius 1 is 0.750 bits per heavy atom. The van der Waals surface area contributed by atoms with E-state index in [9.17, 15) is 4.79 Å². The predicted molar refractivity (Wildman–Crippen MR) is 157 cm³/mol. The highest BCUT2D eigenvalue weighted by Gasteiger charge is 2.17. The lowest BCUT2D eigenvalue weighted by molar-refractivity contribution is 0.0955. The molecule has 1 aromatic carbocycles. The number of carbonyl (C=O) groups is 1. The van der Waals surface area contributed by atoms with Crippen LogP contribution in [0.2, 0.25) is 0 Å². The first-order valence-corrected chi connectivity index (χ1v) is 15.4. The highest BCUT2D eigenvalue weighted by Crippen LogP contribution is 2.31. The van der Waals surface area contributed by atoms with Crippen molar-refractivity contribution in [3.63, 3.8) is 0 Å². The number of rotatable bonds is 19. The van der Waals surface area contributed by atoms with Gasteiger partial charge in [-0.2, -0.15) is 0 Å². The molecule has 0 saturated carbocycles. The summed E-state index contributed by atoms with van der Waals surface area (Å²) in [6, 6.07) is 12.0. The normalized spacial score (nSPS) is 11.2. The minimum Gasteiger partial charge on any atom is -0.352 e. The van der Waals surface area contributed by atoms with Gasteiger partial charge in [0.2, 0.25) is 0 Å². The van der Waals surface area contributed by atoms with Crippen molar-refractivity contribution in [1.29, 1.82) is 0 Å². The number of nitrogens with one attached hydrogen (secondary N) is 1. The van der Waals surface area contributed by atoms with E-state index in [-0.39, 0.29) is 5.91 Å². The maximum absolute atomic E-state index is 13.2. The van der Waals surface area contributed by atoms with E-state index in [2.05, 4.69) is 23.3 Å². The Labute approximate surface area is 223 Å². The highest BCUT2D eigenvalue weighted by atomic mass is 32.1. The molecule has 196 valence electrons. The molecule has 1 N–H and O–H groups in total. The average molecular weight is 507 g/mol. The first-order chi connectivity index (χ1) is 17.8. The number of thiophene rings is 1. The predicted octanol–water partition coefficient (Wildman–Crippen LogP) is 9.95. The van der Waals surface area contributed by atoms with Gasteiger partial charge < -0.3 is 5.32 Å². The molecule has 4 heteroatoms. The van der Waals surface area contributed by atoms with Crippen molar-refractivity contribution >= 4 is 28.1 Å². The van der Waals surface area contributed by atoms with Crippen LogP contribution < -0.4 is 5.32 Å². The van der Waals surface area contributed by atoms with Crippen LogP contribution in [-0.2, 0) is 0 Å². The van der Waals surface area contributed by atoms with E-state index < -0.39 is 0 Å². The largest absolute Gasteiger partial charge is 0.352 e. The third-order valence-corrected chi connectivity index (χ3v) is 8.01. The van der Waals surface area contributed by atoms with Gasteiger partial charge in [-0.25, -0.2) is 0 Å². The molecular weight excluding hydrogens is 460 g/mol. The maximum Gasteiger partial charge on any atom is 0.252 e. The number of para-hydroxylation sites is 1. The molecule has 36 heavy (non-hydrogen) atoms. The van der Waals surface area contributed by atoms with Crippen molar-refractivity contribution < 1.29 is 4.79 Å². The Hall–Kier alpha value is -2.20. The minimum absolute atomic E-state index is 0.0120. The van der Waals surface area contributed by atoms with Crippen LogP contribution in [0.1, 0.15) is 120 Å². The lowest BCUT2D eigenvalue weighted by atomic mass is 10.0. The molecule has 0 radical (unpaired) electrons. The Kier molecular flexibility index (Phi) is 13.6. The van der Waals surface area contributed by atoms with Crippen molar-refractivity contribution in [2.75, 3.05) is 6.54 Å². The zero-order valence-corrected chi connectivity index (χ0v) is 23.2. The Balaban J connectivity index is 1.26. The molecule has 0 spiro atoms. The number of aromatic nitrogens is 1. The van der Waals surface area contributed by atoms with Crippen LogP contribution >= 0.6 is 11.3 Å². The van der Waals surface area contributed by atoms with Crippen LogP contribution in [0.3, 0.4) is 0 Å². The van der Waals surface area contributed by atoms with Crippen molar-refractivity contribution in [1.82, 2.24) is 10.3 Å². The standard InChI is InChI=1S/C32H46N2OS/c1-2-3-4-5-6-7-8-9-10-11-12-13-14-15-16-19-24-33-32(35)31-27-21-17-18-22-29(27)34-26-28(31)30-23-20-25-36-30/h17-18,20-23,25-26H,2-16,19,24H2,1H3,(H,33,35). The second-order valence-electron chi connectivity index (χ2n) is 10.1. The molecule has 0 aliphatic heterocycles. The van der Waals surface area contributed by atoms with Gasteiger partial charge in [0.1, 0.15) is 0 Å². The number of fused-ring (bicyclic) bond motifs is 1. The molecule has 0 saturated heterocycles. The summed E-state index contributed by atoms with van der Waals surface area (Å²) in [5.41, 5.74) is 2.54. The number of amides is 1. The lowest BCUT2D eigenvalue weighted by Gasteiger charge is -2.12. The Bertz CT molecular complexity index is 999. The number of carbonyl (C=O) groups excluding carboxylic acids is 1. The molecule has 0 aliphatic rings. The quantitative estimate of drug-likeness (QED) is 0.164. The molecule has 1 amide bonds. The summed E-state index contributed by atoms with van der Waals surface area (Å²) in [6.45, 7) is 3.02. The second-order valence-corrected chi connectivity index (χ2v) is 11.0. The summed E-state index contributed by atoms with van der Waals surface area (Å²) in [6.07, 6.45) is 23.6. The van der Waals surface area contributed by atoms with Crippen LogP contribution in [-0.4, -0.2) is 17.4 Å². The molecule has 0 fully saturated rings. The molecule has 0 unspecified atom stereocenters. The van der Waals surface area contributed by atoms with Crippen LogP contribution in [0.15, 0.2) is 48.0 Å². The first kappa shape index (κ1) is 28.4.